The number of aromatic nitrogens is 2. The minimum atomic E-state index is 0.617. The van der Waals surface area contributed by atoms with Crippen molar-refractivity contribution in [2.75, 3.05) is 7.11 Å². The minimum Gasteiger partial charge on any atom is -0.494 e. The van der Waals surface area contributed by atoms with Crippen LogP contribution in [-0.2, 0) is 7.05 Å². The van der Waals surface area contributed by atoms with E-state index in [1.165, 1.54) is 0 Å². The Morgan fingerprint density at radius 2 is 2.21 bits per heavy atom. The average molecular weight is 323 g/mol. The second-order valence-corrected chi connectivity index (χ2v) is 4.32. The van der Waals surface area contributed by atoms with Gasteiger partial charge >= 0.3 is 0 Å². The topological polar surface area (TPSA) is 27.1 Å². The SMILES string of the molecule is COc1c(Cl)ccc2c1c(I)nn2C. The molecule has 1 heterocycles. The molecular weight excluding hydrogens is 314 g/mol. The highest BCUT2D eigenvalue weighted by Crippen LogP contribution is 2.35. The fourth-order valence-electron chi connectivity index (χ4n) is 1.45. The Morgan fingerprint density at radius 3 is 2.86 bits per heavy atom. The van der Waals surface area contributed by atoms with E-state index in [0.29, 0.717) is 10.8 Å². The third kappa shape index (κ3) is 1.37. The number of ether oxygens (including phenoxy) is 1. The lowest BCUT2D eigenvalue weighted by atomic mass is 10.2. The zero-order valence-electron chi connectivity index (χ0n) is 7.71. The first-order valence-corrected chi connectivity index (χ1v) is 5.45. The van der Waals surface area contributed by atoms with Gasteiger partial charge < -0.3 is 4.74 Å². The van der Waals surface area contributed by atoms with Gasteiger partial charge in [-0.05, 0) is 34.7 Å². The standard InChI is InChI=1S/C9H8ClIN2O/c1-13-6-4-3-5(10)8(14-2)7(6)9(11)12-13/h3-4H,1-2H3. The van der Waals surface area contributed by atoms with E-state index in [2.05, 4.69) is 27.7 Å². The summed E-state index contributed by atoms with van der Waals surface area (Å²) in [5.74, 6) is 0.696. The number of hydrogen-bond acceptors (Lipinski definition) is 2. The summed E-state index contributed by atoms with van der Waals surface area (Å²) in [7, 11) is 3.52. The molecule has 1 aromatic carbocycles. The van der Waals surface area contributed by atoms with E-state index < -0.39 is 0 Å². The summed E-state index contributed by atoms with van der Waals surface area (Å²) in [4.78, 5) is 0. The molecule has 1 aromatic heterocycles. The number of methoxy groups -OCH3 is 1. The molecule has 3 nitrogen and oxygen atoms in total. The Labute approximate surface area is 100 Å². The maximum absolute atomic E-state index is 6.02. The molecule has 2 rings (SSSR count). The summed E-state index contributed by atoms with van der Waals surface area (Å²) in [5, 5.41) is 5.90. The van der Waals surface area contributed by atoms with Gasteiger partial charge in [-0.1, -0.05) is 11.6 Å². The summed E-state index contributed by atoms with van der Waals surface area (Å²) in [6.45, 7) is 0. The van der Waals surface area contributed by atoms with Gasteiger partial charge in [-0.15, -0.1) is 0 Å². The predicted octanol–water partition coefficient (Wildman–Crippen LogP) is 2.84. The molecule has 0 aliphatic heterocycles. The summed E-state index contributed by atoms with van der Waals surface area (Å²) in [6, 6.07) is 3.76. The van der Waals surface area contributed by atoms with Gasteiger partial charge in [-0.3, -0.25) is 4.68 Å². The van der Waals surface area contributed by atoms with Gasteiger partial charge in [-0.25, -0.2) is 0 Å². The van der Waals surface area contributed by atoms with Crippen molar-refractivity contribution in [2.24, 2.45) is 7.05 Å². The van der Waals surface area contributed by atoms with Crippen molar-refractivity contribution in [3.8, 4) is 5.75 Å². The molecule has 0 fully saturated rings. The van der Waals surface area contributed by atoms with Crippen molar-refractivity contribution in [1.82, 2.24) is 9.78 Å². The molecule has 14 heavy (non-hydrogen) atoms. The molecule has 0 amide bonds. The maximum Gasteiger partial charge on any atom is 0.149 e. The molecule has 74 valence electrons. The molecule has 5 heteroatoms. The summed E-state index contributed by atoms with van der Waals surface area (Å²) >= 11 is 8.19. The van der Waals surface area contributed by atoms with Crippen molar-refractivity contribution in [3.63, 3.8) is 0 Å². The van der Waals surface area contributed by atoms with Crippen LogP contribution >= 0.6 is 34.2 Å². The van der Waals surface area contributed by atoms with Gasteiger partial charge in [0.25, 0.3) is 0 Å². The van der Waals surface area contributed by atoms with Gasteiger partial charge in [0.1, 0.15) is 9.45 Å². The molecule has 0 saturated carbocycles. The Bertz CT molecular complexity index is 495. The number of fused-ring (bicyclic) bond motifs is 1. The van der Waals surface area contributed by atoms with Crippen LogP contribution in [0.1, 0.15) is 0 Å². The quantitative estimate of drug-likeness (QED) is 0.755. The Balaban J connectivity index is 2.92. The number of rotatable bonds is 1. The van der Waals surface area contributed by atoms with Crippen LogP contribution in [0, 0.1) is 3.70 Å². The highest BCUT2D eigenvalue weighted by molar-refractivity contribution is 14.1. The molecule has 2 aromatic rings. The van der Waals surface area contributed by atoms with Crippen LogP contribution in [-0.4, -0.2) is 16.9 Å². The fraction of sp³-hybridized carbons (Fsp3) is 0.222. The third-order valence-corrected chi connectivity index (χ3v) is 3.14. The van der Waals surface area contributed by atoms with E-state index in [1.807, 2.05) is 23.9 Å². The van der Waals surface area contributed by atoms with E-state index >= 15 is 0 Å². The first-order valence-electron chi connectivity index (χ1n) is 4.00. The van der Waals surface area contributed by atoms with Gasteiger partial charge in [-0.2, -0.15) is 5.10 Å². The summed E-state index contributed by atoms with van der Waals surface area (Å²) in [6.07, 6.45) is 0. The molecule has 0 saturated heterocycles. The largest absolute Gasteiger partial charge is 0.494 e. The normalized spacial score (nSPS) is 10.9. The fourth-order valence-corrected chi connectivity index (χ4v) is 2.53. The van der Waals surface area contributed by atoms with Crippen molar-refractivity contribution in [3.05, 3.63) is 20.9 Å². The van der Waals surface area contributed by atoms with Crippen LogP contribution in [0.4, 0.5) is 0 Å². The van der Waals surface area contributed by atoms with Crippen LogP contribution in [0.3, 0.4) is 0 Å². The smallest absolute Gasteiger partial charge is 0.149 e. The van der Waals surface area contributed by atoms with Crippen LogP contribution < -0.4 is 4.74 Å². The number of halogens is 2. The van der Waals surface area contributed by atoms with Crippen molar-refractivity contribution < 1.29 is 4.74 Å². The van der Waals surface area contributed by atoms with Crippen molar-refractivity contribution in [1.29, 1.82) is 0 Å². The molecule has 0 spiro atoms. The Kier molecular flexibility index (Phi) is 2.57. The second kappa shape index (κ2) is 3.58. The van der Waals surface area contributed by atoms with Crippen molar-refractivity contribution >= 4 is 45.1 Å². The lowest BCUT2D eigenvalue weighted by molar-refractivity contribution is 0.420. The molecule has 0 bridgehead atoms. The zero-order valence-corrected chi connectivity index (χ0v) is 10.6. The van der Waals surface area contributed by atoms with E-state index in [0.717, 1.165) is 14.6 Å². The van der Waals surface area contributed by atoms with Gasteiger partial charge in [0.05, 0.1) is 23.0 Å². The number of nitrogens with zero attached hydrogens (tertiary/aromatic N) is 2. The molecule has 0 radical (unpaired) electrons. The maximum atomic E-state index is 6.02. The van der Waals surface area contributed by atoms with E-state index in [4.69, 9.17) is 16.3 Å². The zero-order chi connectivity index (χ0) is 10.3. The second-order valence-electron chi connectivity index (χ2n) is 2.89. The monoisotopic (exact) mass is 322 g/mol. The highest BCUT2D eigenvalue weighted by atomic mass is 127. The van der Waals surface area contributed by atoms with Gasteiger partial charge in [0.15, 0.2) is 0 Å². The van der Waals surface area contributed by atoms with Gasteiger partial charge in [0.2, 0.25) is 0 Å². The van der Waals surface area contributed by atoms with E-state index in [1.54, 1.807) is 7.11 Å². The number of benzene rings is 1. The first-order chi connectivity index (χ1) is 6.65. The van der Waals surface area contributed by atoms with Gasteiger partial charge in [0, 0.05) is 7.05 Å². The van der Waals surface area contributed by atoms with Crippen molar-refractivity contribution in [2.45, 2.75) is 0 Å². The first kappa shape index (κ1) is 10.0. The summed E-state index contributed by atoms with van der Waals surface area (Å²) < 4.78 is 7.98. The average Bonchev–Trinajstić information content (AvgIpc) is 2.43. The van der Waals surface area contributed by atoms with Crippen LogP contribution in [0.5, 0.6) is 5.75 Å². The van der Waals surface area contributed by atoms with Crippen LogP contribution in [0.25, 0.3) is 10.9 Å². The minimum absolute atomic E-state index is 0.617. The summed E-state index contributed by atoms with van der Waals surface area (Å²) in [5.41, 5.74) is 1.02. The van der Waals surface area contributed by atoms with E-state index in [9.17, 15) is 0 Å². The lowest BCUT2D eigenvalue weighted by Gasteiger charge is -2.04. The molecule has 0 atom stereocenters. The van der Waals surface area contributed by atoms with Crippen LogP contribution in [0.15, 0.2) is 12.1 Å². The number of aryl methyl sites for hydroxylation is 1. The molecule has 0 aliphatic rings. The van der Waals surface area contributed by atoms with Crippen LogP contribution in [0.2, 0.25) is 5.02 Å². The predicted molar refractivity (Wildman–Crippen MR) is 65.0 cm³/mol. The highest BCUT2D eigenvalue weighted by Gasteiger charge is 2.13. The molecular formula is C9H8ClIN2O. The Hall–Kier alpha value is -0.490. The third-order valence-electron chi connectivity index (χ3n) is 2.08. The molecule has 0 aliphatic carbocycles. The Morgan fingerprint density at radius 1 is 1.50 bits per heavy atom. The molecule has 0 unspecified atom stereocenters. The molecule has 0 N–H and O–H groups in total. The van der Waals surface area contributed by atoms with E-state index in [-0.39, 0.29) is 0 Å². The lowest BCUT2D eigenvalue weighted by Crippen LogP contribution is -1.89. The number of hydrogen-bond donors (Lipinski definition) is 0.